The minimum atomic E-state index is -0.395. The smallest absolute Gasteiger partial charge is 0.254 e. The Hall–Kier alpha value is -2.82. The Labute approximate surface area is 159 Å². The summed E-state index contributed by atoms with van der Waals surface area (Å²) in [5.41, 5.74) is 1.62. The molecule has 0 radical (unpaired) electrons. The lowest BCUT2D eigenvalue weighted by Gasteiger charge is -2.41. The molecule has 0 aromatic heterocycles. The summed E-state index contributed by atoms with van der Waals surface area (Å²) in [6, 6.07) is 16.9. The molecule has 0 spiro atoms. The van der Waals surface area contributed by atoms with Gasteiger partial charge in [0.25, 0.3) is 5.91 Å². The van der Waals surface area contributed by atoms with Crippen molar-refractivity contribution < 1.29 is 14.3 Å². The van der Waals surface area contributed by atoms with E-state index in [-0.39, 0.29) is 17.9 Å². The molecule has 0 unspecified atom stereocenters. The van der Waals surface area contributed by atoms with Gasteiger partial charge in [-0.25, -0.2) is 0 Å². The Morgan fingerprint density at radius 2 is 1.85 bits per heavy atom. The summed E-state index contributed by atoms with van der Waals surface area (Å²) in [6.45, 7) is 3.74. The second-order valence-electron chi connectivity index (χ2n) is 7.26. The second kappa shape index (κ2) is 7.43. The number of benzene rings is 2. The van der Waals surface area contributed by atoms with Crippen LogP contribution in [0.15, 0.2) is 54.6 Å². The Morgan fingerprint density at radius 1 is 1.11 bits per heavy atom. The highest BCUT2D eigenvalue weighted by Gasteiger charge is 2.42. The lowest BCUT2D eigenvalue weighted by atomic mass is 10.0. The van der Waals surface area contributed by atoms with Gasteiger partial charge in [0.2, 0.25) is 5.91 Å². The van der Waals surface area contributed by atoms with Gasteiger partial charge in [0.1, 0.15) is 18.4 Å². The molecule has 2 aromatic carbocycles. The monoisotopic (exact) mass is 364 g/mol. The Balaban J connectivity index is 1.42. The van der Waals surface area contributed by atoms with Crippen molar-refractivity contribution >= 4 is 11.8 Å². The van der Waals surface area contributed by atoms with E-state index in [0.29, 0.717) is 18.7 Å². The van der Waals surface area contributed by atoms with Gasteiger partial charge < -0.3 is 14.5 Å². The van der Waals surface area contributed by atoms with Crippen LogP contribution in [0.25, 0.3) is 0 Å². The normalized spacial score (nSPS) is 21.9. The quantitative estimate of drug-likeness (QED) is 0.838. The third-order valence-electron chi connectivity index (χ3n) is 5.50. The molecule has 0 N–H and O–H groups in total. The number of hydrogen-bond acceptors (Lipinski definition) is 3. The Bertz CT molecular complexity index is 819. The molecule has 2 amide bonds. The average Bonchev–Trinajstić information content (AvgIpc) is 3.19. The largest absolute Gasteiger partial charge is 0.489 e. The fourth-order valence-electron chi connectivity index (χ4n) is 3.93. The van der Waals surface area contributed by atoms with Gasteiger partial charge in [0, 0.05) is 24.7 Å². The second-order valence-corrected chi connectivity index (χ2v) is 7.26. The van der Waals surface area contributed by atoms with Crippen molar-refractivity contribution in [2.24, 2.45) is 0 Å². The molecule has 2 aromatic rings. The zero-order chi connectivity index (χ0) is 18.8. The van der Waals surface area contributed by atoms with Crippen LogP contribution in [-0.2, 0) is 11.4 Å². The number of ether oxygens (including phenoxy) is 1. The van der Waals surface area contributed by atoms with Gasteiger partial charge in [0.05, 0.1) is 0 Å². The molecule has 0 bridgehead atoms. The molecule has 2 saturated heterocycles. The number of piperazine rings is 1. The van der Waals surface area contributed by atoms with Crippen LogP contribution in [0.2, 0.25) is 0 Å². The van der Waals surface area contributed by atoms with Crippen LogP contribution in [0.5, 0.6) is 5.75 Å². The SMILES string of the molecule is C[C@H]1C(=O)N2CCC[C@H]2CN1C(=O)c1ccc(COc2ccccc2)cc1. The summed E-state index contributed by atoms with van der Waals surface area (Å²) < 4.78 is 5.74. The van der Waals surface area contributed by atoms with Crippen LogP contribution in [-0.4, -0.2) is 46.8 Å². The lowest BCUT2D eigenvalue weighted by Crippen LogP contribution is -2.60. The van der Waals surface area contributed by atoms with Gasteiger partial charge in [-0.1, -0.05) is 30.3 Å². The minimum absolute atomic E-state index is 0.0714. The van der Waals surface area contributed by atoms with Crippen molar-refractivity contribution in [3.8, 4) is 5.75 Å². The van der Waals surface area contributed by atoms with E-state index in [1.54, 1.807) is 4.90 Å². The molecule has 2 atom stereocenters. The molecule has 2 aliphatic rings. The van der Waals surface area contributed by atoms with Gasteiger partial charge in [-0.3, -0.25) is 9.59 Å². The highest BCUT2D eigenvalue weighted by molar-refractivity contribution is 5.98. The molecule has 2 fully saturated rings. The number of fused-ring (bicyclic) bond motifs is 1. The lowest BCUT2D eigenvalue weighted by molar-refractivity contribution is -0.141. The summed E-state index contributed by atoms with van der Waals surface area (Å²) in [5, 5.41) is 0. The maximum absolute atomic E-state index is 13.0. The number of nitrogens with zero attached hydrogens (tertiary/aromatic N) is 2. The third-order valence-corrected chi connectivity index (χ3v) is 5.50. The van der Waals surface area contributed by atoms with Crippen LogP contribution < -0.4 is 4.74 Å². The molecule has 4 rings (SSSR count). The fraction of sp³-hybridized carbons (Fsp3) is 0.364. The Kier molecular flexibility index (Phi) is 4.84. The third kappa shape index (κ3) is 3.54. The summed E-state index contributed by atoms with van der Waals surface area (Å²) in [5.74, 6) is 0.822. The van der Waals surface area contributed by atoms with Gasteiger partial charge >= 0.3 is 0 Å². The molecule has 27 heavy (non-hydrogen) atoms. The molecule has 0 aliphatic carbocycles. The minimum Gasteiger partial charge on any atom is -0.489 e. The average molecular weight is 364 g/mol. The number of carbonyl (C=O) groups excluding carboxylic acids is 2. The van der Waals surface area contributed by atoms with Crippen molar-refractivity contribution in [1.29, 1.82) is 0 Å². The maximum atomic E-state index is 13.0. The van der Waals surface area contributed by atoms with Crippen molar-refractivity contribution in [2.75, 3.05) is 13.1 Å². The molecule has 140 valence electrons. The zero-order valence-corrected chi connectivity index (χ0v) is 15.5. The van der Waals surface area contributed by atoms with Gasteiger partial charge in [-0.2, -0.15) is 0 Å². The van der Waals surface area contributed by atoms with Crippen LogP contribution in [0.1, 0.15) is 35.7 Å². The van der Waals surface area contributed by atoms with E-state index in [4.69, 9.17) is 4.74 Å². The highest BCUT2D eigenvalue weighted by Crippen LogP contribution is 2.27. The van der Waals surface area contributed by atoms with Crippen LogP contribution in [0.3, 0.4) is 0 Å². The van der Waals surface area contributed by atoms with Crippen molar-refractivity contribution in [3.63, 3.8) is 0 Å². The van der Waals surface area contributed by atoms with Gasteiger partial charge in [-0.05, 0) is 49.6 Å². The summed E-state index contributed by atoms with van der Waals surface area (Å²) in [7, 11) is 0. The van der Waals surface area contributed by atoms with E-state index in [1.807, 2.05) is 66.4 Å². The number of para-hydroxylation sites is 1. The van der Waals surface area contributed by atoms with Crippen LogP contribution in [0, 0.1) is 0 Å². The van der Waals surface area contributed by atoms with Gasteiger partial charge in [0.15, 0.2) is 0 Å². The van der Waals surface area contributed by atoms with Crippen molar-refractivity contribution in [2.45, 2.75) is 38.5 Å². The first-order chi connectivity index (χ1) is 13.1. The van der Waals surface area contributed by atoms with Crippen molar-refractivity contribution in [1.82, 2.24) is 9.80 Å². The summed E-state index contributed by atoms with van der Waals surface area (Å²) in [6.07, 6.45) is 2.01. The fourth-order valence-corrected chi connectivity index (χ4v) is 3.93. The molecular weight excluding hydrogens is 340 g/mol. The maximum Gasteiger partial charge on any atom is 0.254 e. The molecule has 0 saturated carbocycles. The first-order valence-electron chi connectivity index (χ1n) is 9.52. The van der Waals surface area contributed by atoms with Crippen LogP contribution >= 0.6 is 0 Å². The van der Waals surface area contributed by atoms with Gasteiger partial charge in [-0.15, -0.1) is 0 Å². The Morgan fingerprint density at radius 3 is 2.59 bits per heavy atom. The topological polar surface area (TPSA) is 49.9 Å². The highest BCUT2D eigenvalue weighted by atomic mass is 16.5. The number of carbonyl (C=O) groups is 2. The zero-order valence-electron chi connectivity index (χ0n) is 15.5. The molecular formula is C22H24N2O3. The van der Waals surface area contributed by atoms with Crippen LogP contribution in [0.4, 0.5) is 0 Å². The standard InChI is InChI=1S/C22H24N2O3/c1-16-21(25)23-13-5-6-19(23)14-24(16)22(26)18-11-9-17(10-12-18)15-27-20-7-3-2-4-8-20/h2-4,7-12,16,19H,5-6,13-15H2,1H3/t16-,19-/m0/s1. The number of hydrogen-bond donors (Lipinski definition) is 0. The van der Waals surface area contributed by atoms with E-state index >= 15 is 0 Å². The molecule has 5 heteroatoms. The molecule has 5 nitrogen and oxygen atoms in total. The first kappa shape index (κ1) is 17.6. The first-order valence-corrected chi connectivity index (χ1v) is 9.52. The summed E-state index contributed by atoms with van der Waals surface area (Å²) >= 11 is 0. The van der Waals surface area contributed by atoms with Crippen molar-refractivity contribution in [3.05, 3.63) is 65.7 Å². The van der Waals surface area contributed by atoms with E-state index in [0.717, 1.165) is 30.7 Å². The molecule has 2 aliphatic heterocycles. The predicted molar refractivity (Wildman–Crippen MR) is 102 cm³/mol. The number of amides is 2. The predicted octanol–water partition coefficient (Wildman–Crippen LogP) is 3.10. The van der Waals surface area contributed by atoms with E-state index in [1.165, 1.54) is 0 Å². The molecule has 2 heterocycles. The van der Waals surface area contributed by atoms with E-state index in [2.05, 4.69) is 0 Å². The number of rotatable bonds is 4. The van der Waals surface area contributed by atoms with E-state index < -0.39 is 6.04 Å². The summed E-state index contributed by atoms with van der Waals surface area (Å²) in [4.78, 5) is 29.2. The van der Waals surface area contributed by atoms with E-state index in [9.17, 15) is 9.59 Å².